The van der Waals surface area contributed by atoms with E-state index < -0.39 is 10.0 Å². The van der Waals surface area contributed by atoms with Gasteiger partial charge in [0.2, 0.25) is 21.8 Å². The van der Waals surface area contributed by atoms with Crippen molar-refractivity contribution in [1.29, 1.82) is 0 Å². The second-order valence-corrected chi connectivity index (χ2v) is 8.59. The highest BCUT2D eigenvalue weighted by Crippen LogP contribution is 2.53. The van der Waals surface area contributed by atoms with Gasteiger partial charge in [-0.05, 0) is 52.4 Å². The molecular formula is C15H13BrN2O4S. The summed E-state index contributed by atoms with van der Waals surface area (Å²) in [6.07, 6.45) is 4.92. The van der Waals surface area contributed by atoms with Crippen LogP contribution in [-0.4, -0.2) is 20.2 Å². The van der Waals surface area contributed by atoms with Crippen molar-refractivity contribution in [3.05, 3.63) is 34.8 Å². The van der Waals surface area contributed by atoms with Crippen LogP contribution < -0.4 is 10.0 Å². The average Bonchev–Trinajstić information content (AvgIpc) is 3.13. The molecule has 1 saturated heterocycles. The van der Waals surface area contributed by atoms with Crippen LogP contribution in [0.15, 0.2) is 39.7 Å². The largest absolute Gasteiger partial charge is 0.274 e. The van der Waals surface area contributed by atoms with Crippen molar-refractivity contribution < 1.29 is 18.0 Å². The quantitative estimate of drug-likeness (QED) is 0.603. The standard InChI is InChI=1S/C15H13BrN2O4S/c16-10-6-9(23(17,21)22)3-4-11(10)18-14(19)12-7-1-2-8(5-7)13(12)15(18)20/h1-4,6-8,12-13H,5H2,(H2,17,21,22)/t7-,8+,12-,13+. The number of rotatable bonds is 2. The van der Waals surface area contributed by atoms with E-state index in [9.17, 15) is 18.0 Å². The highest BCUT2D eigenvalue weighted by molar-refractivity contribution is 9.10. The summed E-state index contributed by atoms with van der Waals surface area (Å²) in [5, 5.41) is 5.10. The lowest BCUT2D eigenvalue weighted by atomic mass is 9.85. The Morgan fingerprint density at radius 2 is 1.65 bits per heavy atom. The zero-order valence-electron chi connectivity index (χ0n) is 11.8. The Morgan fingerprint density at radius 1 is 1.09 bits per heavy atom. The van der Waals surface area contributed by atoms with E-state index in [0.717, 1.165) is 6.42 Å². The van der Waals surface area contributed by atoms with E-state index in [2.05, 4.69) is 15.9 Å². The molecule has 1 heterocycles. The zero-order valence-corrected chi connectivity index (χ0v) is 14.2. The maximum absolute atomic E-state index is 12.7. The highest BCUT2D eigenvalue weighted by atomic mass is 79.9. The van der Waals surface area contributed by atoms with E-state index in [0.29, 0.717) is 10.2 Å². The van der Waals surface area contributed by atoms with Gasteiger partial charge >= 0.3 is 0 Å². The number of benzene rings is 1. The van der Waals surface area contributed by atoms with E-state index in [-0.39, 0.29) is 40.4 Å². The van der Waals surface area contributed by atoms with E-state index in [1.165, 1.54) is 23.1 Å². The Morgan fingerprint density at radius 3 is 2.13 bits per heavy atom. The number of amides is 2. The molecule has 1 aromatic carbocycles. The number of hydrogen-bond donors (Lipinski definition) is 1. The first kappa shape index (κ1) is 15.0. The third-order valence-electron chi connectivity index (χ3n) is 4.96. The van der Waals surface area contributed by atoms with E-state index in [1.807, 2.05) is 12.2 Å². The minimum Gasteiger partial charge on any atom is -0.274 e. The van der Waals surface area contributed by atoms with Crippen molar-refractivity contribution in [1.82, 2.24) is 0 Å². The topological polar surface area (TPSA) is 97.5 Å². The van der Waals surface area contributed by atoms with Crippen LogP contribution in [0.4, 0.5) is 5.69 Å². The molecule has 0 radical (unpaired) electrons. The summed E-state index contributed by atoms with van der Waals surface area (Å²) in [6.45, 7) is 0. The van der Waals surface area contributed by atoms with Crippen molar-refractivity contribution in [3.8, 4) is 0 Å². The Bertz CT molecular complexity index is 849. The third kappa shape index (κ3) is 2.05. The lowest BCUT2D eigenvalue weighted by Crippen LogP contribution is -2.33. The number of nitrogens with two attached hydrogens (primary N) is 1. The number of fused-ring (bicyclic) bond motifs is 5. The van der Waals surface area contributed by atoms with Crippen LogP contribution in [-0.2, 0) is 19.6 Å². The predicted octanol–water partition coefficient (Wildman–Crippen LogP) is 1.41. The van der Waals surface area contributed by atoms with Crippen molar-refractivity contribution in [2.24, 2.45) is 28.8 Å². The highest BCUT2D eigenvalue weighted by Gasteiger charge is 2.59. The summed E-state index contributed by atoms with van der Waals surface area (Å²) in [4.78, 5) is 26.6. The van der Waals surface area contributed by atoms with Crippen molar-refractivity contribution in [3.63, 3.8) is 0 Å². The van der Waals surface area contributed by atoms with Crippen LogP contribution >= 0.6 is 15.9 Å². The number of carbonyl (C=O) groups excluding carboxylic acids is 2. The second-order valence-electron chi connectivity index (χ2n) is 6.17. The number of nitrogens with zero attached hydrogens (tertiary/aromatic N) is 1. The van der Waals surface area contributed by atoms with Crippen LogP contribution in [0.1, 0.15) is 6.42 Å². The van der Waals surface area contributed by atoms with Gasteiger partial charge in [0.05, 0.1) is 22.4 Å². The summed E-state index contributed by atoms with van der Waals surface area (Å²) in [7, 11) is -3.84. The molecule has 8 heteroatoms. The van der Waals surface area contributed by atoms with Crippen molar-refractivity contribution in [2.75, 3.05) is 4.90 Å². The monoisotopic (exact) mass is 396 g/mol. The number of carbonyl (C=O) groups is 2. The first-order valence-corrected chi connectivity index (χ1v) is 9.51. The molecule has 0 unspecified atom stereocenters. The van der Waals surface area contributed by atoms with Gasteiger partial charge in [-0.1, -0.05) is 12.2 Å². The Balaban J connectivity index is 1.75. The molecular weight excluding hydrogens is 384 g/mol. The molecule has 1 saturated carbocycles. The van der Waals surface area contributed by atoms with Crippen LogP contribution in [0.25, 0.3) is 0 Å². The molecule has 1 aliphatic heterocycles. The zero-order chi connectivity index (χ0) is 16.5. The van der Waals surface area contributed by atoms with Gasteiger partial charge in [-0.3, -0.25) is 9.59 Å². The first-order chi connectivity index (χ1) is 10.8. The third-order valence-corrected chi connectivity index (χ3v) is 6.51. The number of allylic oxidation sites excluding steroid dienone is 2. The van der Waals surface area contributed by atoms with E-state index in [1.54, 1.807) is 0 Å². The molecule has 120 valence electrons. The fourth-order valence-corrected chi connectivity index (χ4v) is 5.23. The molecule has 2 fully saturated rings. The summed E-state index contributed by atoms with van der Waals surface area (Å²) < 4.78 is 23.2. The number of primary sulfonamides is 1. The van der Waals surface area contributed by atoms with E-state index in [4.69, 9.17) is 5.14 Å². The summed E-state index contributed by atoms with van der Waals surface area (Å²) in [5.74, 6) is -0.728. The van der Waals surface area contributed by atoms with Gasteiger partial charge in [0, 0.05) is 4.47 Å². The number of anilines is 1. The minimum atomic E-state index is -3.84. The van der Waals surface area contributed by atoms with Gasteiger partial charge in [-0.2, -0.15) is 0 Å². The lowest BCUT2D eigenvalue weighted by molar-refractivity contribution is -0.123. The second kappa shape index (κ2) is 4.75. The fraction of sp³-hybridized carbons (Fsp3) is 0.333. The molecule has 4 rings (SSSR count). The minimum absolute atomic E-state index is 0.0749. The predicted molar refractivity (Wildman–Crippen MR) is 85.7 cm³/mol. The maximum Gasteiger partial charge on any atom is 0.238 e. The molecule has 1 aromatic rings. The summed E-state index contributed by atoms with van der Waals surface area (Å²) in [6, 6.07) is 4.05. The Kier molecular flexibility index (Phi) is 3.11. The SMILES string of the molecule is NS(=O)(=O)c1ccc(N2C(=O)[C@@H]3[C@H](C2=O)[C@@H]2C=C[C@H]3C2)c(Br)c1. The Hall–Kier alpha value is -1.51. The van der Waals surface area contributed by atoms with Crippen LogP contribution in [0.5, 0.6) is 0 Å². The maximum atomic E-state index is 12.7. The van der Waals surface area contributed by atoms with Crippen LogP contribution in [0.3, 0.4) is 0 Å². The van der Waals surface area contributed by atoms with E-state index >= 15 is 0 Å². The molecule has 2 amide bonds. The number of halogens is 1. The Labute approximate surface area is 141 Å². The van der Waals surface area contributed by atoms with Crippen molar-refractivity contribution in [2.45, 2.75) is 11.3 Å². The van der Waals surface area contributed by atoms with Gasteiger partial charge in [0.15, 0.2) is 0 Å². The molecule has 4 atom stereocenters. The molecule has 2 N–H and O–H groups in total. The van der Waals surface area contributed by atoms with Crippen LogP contribution in [0, 0.1) is 23.7 Å². The lowest BCUT2D eigenvalue weighted by Gasteiger charge is -2.19. The van der Waals surface area contributed by atoms with Crippen molar-refractivity contribution >= 4 is 43.5 Å². The average molecular weight is 397 g/mol. The van der Waals surface area contributed by atoms with Crippen LogP contribution in [0.2, 0.25) is 0 Å². The summed E-state index contributed by atoms with van der Waals surface area (Å²) in [5.41, 5.74) is 0.362. The molecule has 6 nitrogen and oxygen atoms in total. The molecule has 2 aliphatic carbocycles. The smallest absolute Gasteiger partial charge is 0.238 e. The molecule has 3 aliphatic rings. The number of hydrogen-bond acceptors (Lipinski definition) is 4. The number of imide groups is 1. The van der Waals surface area contributed by atoms with Gasteiger partial charge in [0.1, 0.15) is 0 Å². The summed E-state index contributed by atoms with van der Waals surface area (Å²) >= 11 is 3.25. The number of sulfonamides is 1. The normalized spacial score (nSPS) is 32.0. The molecule has 2 bridgehead atoms. The van der Waals surface area contributed by atoms with Gasteiger partial charge in [-0.15, -0.1) is 0 Å². The molecule has 23 heavy (non-hydrogen) atoms. The molecule has 0 aromatic heterocycles. The fourth-order valence-electron chi connectivity index (χ4n) is 3.99. The molecule has 0 spiro atoms. The van der Waals surface area contributed by atoms with Gasteiger partial charge in [-0.25, -0.2) is 18.5 Å². The first-order valence-electron chi connectivity index (χ1n) is 7.17. The van der Waals surface area contributed by atoms with Gasteiger partial charge < -0.3 is 0 Å². The van der Waals surface area contributed by atoms with Gasteiger partial charge in [0.25, 0.3) is 0 Å².